The Kier molecular flexibility index (Phi) is 5.03. The van der Waals surface area contributed by atoms with Crippen LogP contribution in [0, 0.1) is 20.8 Å². The molecule has 0 bridgehead atoms. The number of hydrogen-bond donors (Lipinski definition) is 1. The van der Waals surface area contributed by atoms with Crippen LogP contribution in [0.3, 0.4) is 0 Å². The molecule has 1 aliphatic heterocycles. The predicted octanol–water partition coefficient (Wildman–Crippen LogP) is 2.22. The van der Waals surface area contributed by atoms with Crippen molar-refractivity contribution in [2.45, 2.75) is 33.6 Å². The van der Waals surface area contributed by atoms with E-state index in [1.807, 2.05) is 32.9 Å². The summed E-state index contributed by atoms with van der Waals surface area (Å²) in [6.45, 7) is 6.35. The Morgan fingerprint density at radius 2 is 1.78 bits per heavy atom. The minimum Gasteiger partial charge on any atom is -0.326 e. The highest BCUT2D eigenvalue weighted by Crippen LogP contribution is 2.22. The van der Waals surface area contributed by atoms with Crippen LogP contribution in [0.4, 0.5) is 10.5 Å². The number of carbonyl (C=O) groups excluding carboxylic acids is 3. The largest absolute Gasteiger partial charge is 0.326 e. The number of anilines is 1. The SMILES string of the molecule is Cc1cc(C)c(NC(=O)CCCN2C(=O)CN(C)C2=O)c(C)c1. The smallest absolute Gasteiger partial charge is 0.326 e. The highest BCUT2D eigenvalue weighted by molar-refractivity contribution is 6.01. The van der Waals surface area contributed by atoms with Crippen molar-refractivity contribution in [2.24, 2.45) is 0 Å². The van der Waals surface area contributed by atoms with Gasteiger partial charge in [-0.1, -0.05) is 17.7 Å². The van der Waals surface area contributed by atoms with Gasteiger partial charge in [-0.25, -0.2) is 4.79 Å². The van der Waals surface area contributed by atoms with E-state index in [0.29, 0.717) is 6.42 Å². The van der Waals surface area contributed by atoms with Gasteiger partial charge in [-0.05, 0) is 38.3 Å². The third-order valence-electron chi connectivity index (χ3n) is 3.96. The Labute approximate surface area is 136 Å². The van der Waals surface area contributed by atoms with Crippen LogP contribution in [0.15, 0.2) is 12.1 Å². The lowest BCUT2D eigenvalue weighted by Gasteiger charge is -2.15. The molecule has 1 heterocycles. The van der Waals surface area contributed by atoms with Gasteiger partial charge in [0.25, 0.3) is 0 Å². The number of urea groups is 1. The molecule has 23 heavy (non-hydrogen) atoms. The molecule has 1 aromatic carbocycles. The van der Waals surface area contributed by atoms with Crippen LogP contribution in [0.25, 0.3) is 0 Å². The fraction of sp³-hybridized carbons (Fsp3) is 0.471. The molecule has 0 aliphatic carbocycles. The lowest BCUT2D eigenvalue weighted by atomic mass is 10.0. The van der Waals surface area contributed by atoms with E-state index in [1.54, 1.807) is 7.05 Å². The average Bonchev–Trinajstić information content (AvgIpc) is 2.69. The summed E-state index contributed by atoms with van der Waals surface area (Å²) < 4.78 is 0. The zero-order chi connectivity index (χ0) is 17.1. The van der Waals surface area contributed by atoms with Crippen molar-refractivity contribution in [3.8, 4) is 0 Å². The first-order valence-electron chi connectivity index (χ1n) is 7.72. The molecule has 0 spiro atoms. The maximum atomic E-state index is 12.1. The second-order valence-electron chi connectivity index (χ2n) is 6.11. The Balaban J connectivity index is 1.87. The molecule has 0 atom stereocenters. The van der Waals surface area contributed by atoms with E-state index in [2.05, 4.69) is 5.32 Å². The van der Waals surface area contributed by atoms with Gasteiger partial charge in [0.05, 0.1) is 0 Å². The second-order valence-corrected chi connectivity index (χ2v) is 6.11. The van der Waals surface area contributed by atoms with Crippen molar-refractivity contribution in [3.05, 3.63) is 28.8 Å². The summed E-state index contributed by atoms with van der Waals surface area (Å²) in [5, 5.41) is 2.92. The summed E-state index contributed by atoms with van der Waals surface area (Å²) in [7, 11) is 1.59. The van der Waals surface area contributed by atoms with E-state index in [1.165, 1.54) is 9.80 Å². The van der Waals surface area contributed by atoms with E-state index in [4.69, 9.17) is 0 Å². The highest BCUT2D eigenvalue weighted by Gasteiger charge is 2.32. The number of nitrogens with one attached hydrogen (secondary N) is 1. The van der Waals surface area contributed by atoms with Crippen LogP contribution in [0.2, 0.25) is 0 Å². The maximum Gasteiger partial charge on any atom is 0.326 e. The number of carbonyl (C=O) groups is 3. The zero-order valence-electron chi connectivity index (χ0n) is 14.1. The van der Waals surface area contributed by atoms with Crippen LogP contribution < -0.4 is 5.32 Å². The van der Waals surface area contributed by atoms with Crippen molar-refractivity contribution in [1.82, 2.24) is 9.80 Å². The number of rotatable bonds is 5. The molecule has 6 nitrogen and oxygen atoms in total. The molecule has 1 fully saturated rings. The van der Waals surface area contributed by atoms with Gasteiger partial charge in [-0.2, -0.15) is 0 Å². The first-order chi connectivity index (χ1) is 10.8. The van der Waals surface area contributed by atoms with Crippen molar-refractivity contribution in [2.75, 3.05) is 25.5 Å². The molecule has 1 aliphatic rings. The quantitative estimate of drug-likeness (QED) is 0.847. The van der Waals surface area contributed by atoms with E-state index in [-0.39, 0.29) is 37.4 Å². The number of aryl methyl sites for hydroxylation is 3. The van der Waals surface area contributed by atoms with Gasteiger partial charge in [0, 0.05) is 25.7 Å². The van der Waals surface area contributed by atoms with Crippen LogP contribution in [0.5, 0.6) is 0 Å². The third-order valence-corrected chi connectivity index (χ3v) is 3.96. The van der Waals surface area contributed by atoms with Gasteiger partial charge < -0.3 is 10.2 Å². The first-order valence-corrected chi connectivity index (χ1v) is 7.72. The minimum absolute atomic E-state index is 0.104. The van der Waals surface area contributed by atoms with Crippen LogP contribution >= 0.6 is 0 Å². The number of likely N-dealkylation sites (N-methyl/N-ethyl adjacent to an activating group) is 1. The molecule has 1 N–H and O–H groups in total. The second kappa shape index (κ2) is 6.81. The molecular weight excluding hydrogens is 294 g/mol. The lowest BCUT2D eigenvalue weighted by molar-refractivity contribution is -0.125. The van der Waals surface area contributed by atoms with Crippen molar-refractivity contribution in [3.63, 3.8) is 0 Å². The zero-order valence-corrected chi connectivity index (χ0v) is 14.1. The number of amides is 4. The minimum atomic E-state index is -0.291. The molecule has 0 radical (unpaired) electrons. The van der Waals surface area contributed by atoms with Crippen molar-refractivity contribution >= 4 is 23.5 Å². The molecule has 0 aromatic heterocycles. The first kappa shape index (κ1) is 17.0. The average molecular weight is 317 g/mol. The summed E-state index contributed by atoms with van der Waals surface area (Å²) in [6, 6.07) is 3.76. The Hall–Kier alpha value is -2.37. The summed E-state index contributed by atoms with van der Waals surface area (Å²) in [6.07, 6.45) is 0.731. The van der Waals surface area contributed by atoms with Crippen molar-refractivity contribution in [1.29, 1.82) is 0 Å². The number of hydrogen-bond acceptors (Lipinski definition) is 3. The topological polar surface area (TPSA) is 69.7 Å². The van der Waals surface area contributed by atoms with Gasteiger partial charge in [0.15, 0.2) is 0 Å². The van der Waals surface area contributed by atoms with Crippen LogP contribution in [0.1, 0.15) is 29.5 Å². The predicted molar refractivity (Wildman–Crippen MR) is 88.3 cm³/mol. The van der Waals surface area contributed by atoms with Crippen LogP contribution in [-0.4, -0.2) is 47.8 Å². The summed E-state index contributed by atoms with van der Waals surface area (Å²) >= 11 is 0. The monoisotopic (exact) mass is 317 g/mol. The Morgan fingerprint density at radius 3 is 2.30 bits per heavy atom. The van der Waals surface area contributed by atoms with Gasteiger partial charge in [-0.15, -0.1) is 0 Å². The molecular formula is C17H23N3O3. The summed E-state index contributed by atoms with van der Waals surface area (Å²) in [4.78, 5) is 38.1. The third kappa shape index (κ3) is 3.88. The molecule has 2 rings (SSSR count). The number of imide groups is 1. The fourth-order valence-electron chi connectivity index (χ4n) is 2.87. The molecule has 124 valence electrons. The van der Waals surface area contributed by atoms with E-state index in [9.17, 15) is 14.4 Å². The van der Waals surface area contributed by atoms with Crippen molar-refractivity contribution < 1.29 is 14.4 Å². The van der Waals surface area contributed by atoms with E-state index in [0.717, 1.165) is 22.4 Å². The molecule has 4 amide bonds. The summed E-state index contributed by atoms with van der Waals surface area (Å²) in [5.74, 6) is -0.310. The van der Waals surface area contributed by atoms with Gasteiger partial charge in [0.2, 0.25) is 11.8 Å². The van der Waals surface area contributed by atoms with E-state index >= 15 is 0 Å². The fourth-order valence-corrected chi connectivity index (χ4v) is 2.87. The standard InChI is InChI=1S/C17H23N3O3/c1-11-8-12(2)16(13(3)9-11)18-14(21)6-5-7-20-15(22)10-19(4)17(20)23/h8-9H,5-7,10H2,1-4H3,(H,18,21). The normalized spacial score (nSPS) is 14.6. The highest BCUT2D eigenvalue weighted by atomic mass is 16.2. The molecule has 0 saturated carbocycles. The number of nitrogens with zero attached hydrogens (tertiary/aromatic N) is 2. The van der Waals surface area contributed by atoms with Gasteiger partial charge in [-0.3, -0.25) is 14.5 Å². The molecule has 1 saturated heterocycles. The number of benzene rings is 1. The van der Waals surface area contributed by atoms with Gasteiger partial charge >= 0.3 is 6.03 Å². The molecule has 6 heteroatoms. The molecule has 0 unspecified atom stereocenters. The van der Waals surface area contributed by atoms with Gasteiger partial charge in [0.1, 0.15) is 6.54 Å². The molecule has 1 aromatic rings. The Morgan fingerprint density at radius 1 is 1.17 bits per heavy atom. The lowest BCUT2D eigenvalue weighted by Crippen LogP contribution is -2.33. The van der Waals surface area contributed by atoms with E-state index < -0.39 is 0 Å². The maximum absolute atomic E-state index is 12.1. The Bertz CT molecular complexity index is 631. The summed E-state index contributed by atoms with van der Waals surface area (Å²) in [5.41, 5.74) is 4.06. The van der Waals surface area contributed by atoms with Crippen LogP contribution in [-0.2, 0) is 9.59 Å².